The molecule has 0 bridgehead atoms. The molecule has 2 atom stereocenters. The summed E-state index contributed by atoms with van der Waals surface area (Å²) in [5, 5.41) is 0.715. The van der Waals surface area contributed by atoms with Gasteiger partial charge in [-0.1, -0.05) is 27.8 Å². The normalized spacial score (nSPS) is 27.5. The topological polar surface area (TPSA) is 21.8 Å². The predicted octanol–water partition coefficient (Wildman–Crippen LogP) is 1.19. The Labute approximate surface area is 75.4 Å². The van der Waals surface area contributed by atoms with Crippen LogP contribution < -0.4 is 0 Å². The first-order valence-corrected chi connectivity index (χ1v) is 4.71. The van der Waals surface area contributed by atoms with Crippen LogP contribution in [0.15, 0.2) is 0 Å². The lowest BCUT2D eigenvalue weighted by molar-refractivity contribution is 0.145. The van der Waals surface area contributed by atoms with Crippen LogP contribution >= 0.6 is 15.9 Å². The summed E-state index contributed by atoms with van der Waals surface area (Å²) in [4.78, 5) is 0. The summed E-state index contributed by atoms with van der Waals surface area (Å²) in [6.45, 7) is 3.23. The fourth-order valence-electron chi connectivity index (χ4n) is 0.730. The minimum atomic E-state index is 0.320. The molecule has 1 heterocycles. The van der Waals surface area contributed by atoms with Crippen LogP contribution in [0, 0.1) is 11.8 Å². The van der Waals surface area contributed by atoms with Crippen molar-refractivity contribution in [2.75, 3.05) is 18.5 Å². The van der Waals surface area contributed by atoms with E-state index in [1.807, 2.05) is 6.92 Å². The van der Waals surface area contributed by atoms with Crippen LogP contribution in [0.5, 0.6) is 0 Å². The molecule has 0 saturated carbocycles. The number of halogens is 1. The van der Waals surface area contributed by atoms with E-state index in [1.54, 1.807) is 0 Å². The summed E-state index contributed by atoms with van der Waals surface area (Å²) in [7, 11) is 0. The van der Waals surface area contributed by atoms with E-state index in [0.717, 1.165) is 0 Å². The van der Waals surface area contributed by atoms with Gasteiger partial charge in [0.1, 0.15) is 12.7 Å². The highest BCUT2D eigenvalue weighted by molar-refractivity contribution is 9.09. The lowest BCUT2D eigenvalue weighted by Gasteiger charge is -1.92. The number of rotatable bonds is 3. The zero-order chi connectivity index (χ0) is 8.10. The molecule has 1 rings (SSSR count). The van der Waals surface area contributed by atoms with Crippen LogP contribution in [-0.2, 0) is 9.47 Å². The van der Waals surface area contributed by atoms with E-state index >= 15 is 0 Å². The van der Waals surface area contributed by atoms with Gasteiger partial charge in [-0.15, -0.1) is 0 Å². The van der Waals surface area contributed by atoms with E-state index in [2.05, 4.69) is 27.8 Å². The molecule has 1 saturated heterocycles. The Balaban J connectivity index is 1.89. The molecule has 0 N–H and O–H groups in total. The molecule has 1 fully saturated rings. The van der Waals surface area contributed by atoms with Gasteiger partial charge in [0.15, 0.2) is 0 Å². The SMILES string of the molecule is CC1OC1COCC#CCBr. The van der Waals surface area contributed by atoms with Gasteiger partial charge in [0, 0.05) is 0 Å². The molecule has 1 aliphatic rings. The summed E-state index contributed by atoms with van der Waals surface area (Å²) in [6.07, 6.45) is 0.708. The molecule has 2 unspecified atom stereocenters. The second-order valence-corrected chi connectivity index (χ2v) is 2.94. The summed E-state index contributed by atoms with van der Waals surface area (Å²) in [6, 6.07) is 0. The third kappa shape index (κ3) is 3.76. The molecule has 0 aromatic rings. The van der Waals surface area contributed by atoms with Crippen molar-refractivity contribution >= 4 is 15.9 Å². The first kappa shape index (κ1) is 9.05. The van der Waals surface area contributed by atoms with Crippen LogP contribution in [0.2, 0.25) is 0 Å². The van der Waals surface area contributed by atoms with Crippen molar-refractivity contribution in [2.24, 2.45) is 0 Å². The second-order valence-electron chi connectivity index (χ2n) is 2.38. The third-order valence-corrected chi connectivity index (χ3v) is 1.76. The third-order valence-electron chi connectivity index (χ3n) is 1.48. The van der Waals surface area contributed by atoms with Crippen molar-refractivity contribution in [3.05, 3.63) is 0 Å². The fraction of sp³-hybridized carbons (Fsp3) is 0.750. The molecular formula is C8H11BrO2. The van der Waals surface area contributed by atoms with E-state index in [9.17, 15) is 0 Å². The largest absolute Gasteiger partial charge is 0.367 e. The monoisotopic (exact) mass is 218 g/mol. The highest BCUT2D eigenvalue weighted by Crippen LogP contribution is 2.20. The van der Waals surface area contributed by atoms with Crippen molar-refractivity contribution in [1.82, 2.24) is 0 Å². The second kappa shape index (κ2) is 4.76. The molecule has 0 amide bonds. The molecule has 3 heteroatoms. The molecule has 1 aliphatic heterocycles. The molecule has 0 radical (unpaired) electrons. The minimum absolute atomic E-state index is 0.320. The Morgan fingerprint density at radius 3 is 2.82 bits per heavy atom. The highest BCUT2D eigenvalue weighted by atomic mass is 79.9. The van der Waals surface area contributed by atoms with Gasteiger partial charge in [-0.25, -0.2) is 0 Å². The molecular weight excluding hydrogens is 208 g/mol. The Hall–Kier alpha value is -0.0400. The Bertz CT molecular complexity index is 171. The van der Waals surface area contributed by atoms with Gasteiger partial charge in [-0.3, -0.25) is 0 Å². The number of alkyl halides is 1. The van der Waals surface area contributed by atoms with Crippen LogP contribution in [0.1, 0.15) is 6.92 Å². The van der Waals surface area contributed by atoms with Crippen LogP contribution in [-0.4, -0.2) is 30.8 Å². The van der Waals surface area contributed by atoms with E-state index in [1.165, 1.54) is 0 Å². The van der Waals surface area contributed by atoms with Crippen molar-refractivity contribution < 1.29 is 9.47 Å². The maximum atomic E-state index is 5.21. The van der Waals surface area contributed by atoms with Crippen LogP contribution in [0.25, 0.3) is 0 Å². The summed E-state index contributed by atoms with van der Waals surface area (Å²) in [5.41, 5.74) is 0. The summed E-state index contributed by atoms with van der Waals surface area (Å²) < 4.78 is 10.4. The lowest BCUT2D eigenvalue weighted by atomic mass is 10.4. The summed E-state index contributed by atoms with van der Waals surface area (Å²) >= 11 is 3.20. The van der Waals surface area contributed by atoms with Crippen LogP contribution in [0.4, 0.5) is 0 Å². The van der Waals surface area contributed by atoms with E-state index in [-0.39, 0.29) is 0 Å². The molecule has 0 aromatic carbocycles. The molecule has 0 spiro atoms. The Morgan fingerprint density at radius 2 is 2.27 bits per heavy atom. The quantitative estimate of drug-likeness (QED) is 0.308. The standard InChI is InChI=1S/C8H11BrO2/c1-7-8(11-7)6-10-5-3-2-4-9/h7-8H,4-6H2,1H3. The van der Waals surface area contributed by atoms with Crippen molar-refractivity contribution in [1.29, 1.82) is 0 Å². The van der Waals surface area contributed by atoms with Gasteiger partial charge >= 0.3 is 0 Å². The zero-order valence-electron chi connectivity index (χ0n) is 6.47. The van der Waals surface area contributed by atoms with Gasteiger partial charge in [0.05, 0.1) is 18.0 Å². The minimum Gasteiger partial charge on any atom is -0.367 e. The van der Waals surface area contributed by atoms with Crippen molar-refractivity contribution in [3.63, 3.8) is 0 Å². The Morgan fingerprint density at radius 1 is 1.55 bits per heavy atom. The maximum absolute atomic E-state index is 5.21. The molecule has 62 valence electrons. The van der Waals surface area contributed by atoms with E-state index < -0.39 is 0 Å². The number of hydrogen-bond acceptors (Lipinski definition) is 2. The first-order valence-electron chi connectivity index (χ1n) is 3.59. The van der Waals surface area contributed by atoms with Gasteiger partial charge in [0.2, 0.25) is 0 Å². The number of epoxide rings is 1. The maximum Gasteiger partial charge on any atom is 0.107 e. The number of ether oxygens (including phenoxy) is 2. The van der Waals surface area contributed by atoms with Gasteiger partial charge in [0.25, 0.3) is 0 Å². The molecule has 11 heavy (non-hydrogen) atoms. The Kier molecular flexibility index (Phi) is 3.92. The van der Waals surface area contributed by atoms with Gasteiger partial charge < -0.3 is 9.47 Å². The number of hydrogen-bond donors (Lipinski definition) is 0. The average Bonchev–Trinajstić information content (AvgIpc) is 2.67. The highest BCUT2D eigenvalue weighted by Gasteiger charge is 2.33. The smallest absolute Gasteiger partial charge is 0.107 e. The van der Waals surface area contributed by atoms with Gasteiger partial charge in [-0.05, 0) is 6.92 Å². The average molecular weight is 219 g/mol. The lowest BCUT2D eigenvalue weighted by Crippen LogP contribution is -2.03. The van der Waals surface area contributed by atoms with Crippen molar-refractivity contribution in [2.45, 2.75) is 19.1 Å². The molecule has 0 aromatic heterocycles. The molecule has 2 nitrogen and oxygen atoms in total. The summed E-state index contributed by atoms with van der Waals surface area (Å²) in [5.74, 6) is 5.71. The fourth-order valence-corrected chi connectivity index (χ4v) is 0.928. The first-order chi connectivity index (χ1) is 5.34. The van der Waals surface area contributed by atoms with E-state index in [4.69, 9.17) is 9.47 Å². The molecule has 0 aliphatic carbocycles. The zero-order valence-corrected chi connectivity index (χ0v) is 8.06. The predicted molar refractivity (Wildman–Crippen MR) is 46.7 cm³/mol. The van der Waals surface area contributed by atoms with Gasteiger partial charge in [-0.2, -0.15) is 0 Å². The van der Waals surface area contributed by atoms with Crippen molar-refractivity contribution in [3.8, 4) is 11.8 Å². The van der Waals surface area contributed by atoms with Crippen LogP contribution in [0.3, 0.4) is 0 Å². The van der Waals surface area contributed by atoms with E-state index in [0.29, 0.717) is 30.8 Å².